The molecule has 0 spiro atoms. The normalized spacial score (nSPS) is 10.8. The van der Waals surface area contributed by atoms with Crippen molar-refractivity contribution < 1.29 is 4.52 Å². The van der Waals surface area contributed by atoms with Gasteiger partial charge in [-0.1, -0.05) is 34.4 Å². The molecule has 0 saturated carbocycles. The summed E-state index contributed by atoms with van der Waals surface area (Å²) in [4.78, 5) is 8.15. The van der Waals surface area contributed by atoms with Crippen molar-refractivity contribution in [1.29, 1.82) is 0 Å². The van der Waals surface area contributed by atoms with Crippen LogP contribution in [0.25, 0.3) is 11.6 Å². The molecule has 0 aliphatic carbocycles. The Morgan fingerprint density at radius 3 is 2.84 bits per heavy atom. The fourth-order valence-electron chi connectivity index (χ4n) is 1.56. The maximum atomic E-state index is 5.94. The van der Waals surface area contributed by atoms with Crippen LogP contribution >= 0.6 is 23.2 Å². The van der Waals surface area contributed by atoms with E-state index in [2.05, 4.69) is 25.3 Å². The second kappa shape index (κ2) is 4.99. The largest absolute Gasteiger partial charge is 0.339 e. The number of nitrogens with zero attached hydrogens (tertiary/aromatic N) is 4. The summed E-state index contributed by atoms with van der Waals surface area (Å²) in [5, 5.41) is 11.2. The first-order valence-corrected chi connectivity index (χ1v) is 6.10. The van der Waals surface area contributed by atoms with E-state index in [-0.39, 0.29) is 0 Å². The third-order valence-corrected chi connectivity index (χ3v) is 3.17. The highest BCUT2D eigenvalue weighted by atomic mass is 35.5. The first-order valence-electron chi connectivity index (χ1n) is 5.34. The van der Waals surface area contributed by atoms with Gasteiger partial charge >= 0.3 is 0 Å². The van der Waals surface area contributed by atoms with Crippen LogP contribution in [0.3, 0.4) is 0 Å². The Bertz CT molecular complexity index is 695. The van der Waals surface area contributed by atoms with Crippen LogP contribution in [0.4, 0.5) is 0 Å². The van der Waals surface area contributed by atoms with Gasteiger partial charge in [0, 0.05) is 0 Å². The molecule has 96 valence electrons. The number of aromatic nitrogens is 5. The smallest absolute Gasteiger partial charge is 0.239 e. The maximum absolute atomic E-state index is 5.94. The van der Waals surface area contributed by atoms with E-state index in [1.807, 2.05) is 6.07 Å². The number of H-pyrrole nitrogens is 1. The lowest BCUT2D eigenvalue weighted by Gasteiger charge is -1.99. The summed E-state index contributed by atoms with van der Waals surface area (Å²) >= 11 is 11.8. The molecule has 1 aromatic carbocycles. The summed E-state index contributed by atoms with van der Waals surface area (Å²) in [6.07, 6.45) is 1.85. The zero-order valence-electron chi connectivity index (χ0n) is 9.47. The van der Waals surface area contributed by atoms with Crippen LogP contribution in [0.5, 0.6) is 0 Å². The van der Waals surface area contributed by atoms with Gasteiger partial charge in [0.1, 0.15) is 6.33 Å². The fraction of sp³-hybridized carbons (Fsp3) is 0.0909. The number of nitrogens with one attached hydrogen (secondary N) is 1. The van der Waals surface area contributed by atoms with Gasteiger partial charge in [0.05, 0.1) is 16.5 Å². The summed E-state index contributed by atoms with van der Waals surface area (Å²) in [7, 11) is 0. The first-order chi connectivity index (χ1) is 9.22. The van der Waals surface area contributed by atoms with Crippen molar-refractivity contribution in [2.45, 2.75) is 6.42 Å². The third kappa shape index (κ3) is 2.59. The molecular weight excluding hydrogens is 289 g/mol. The SMILES string of the molecule is Clc1ccc(Cc2nc(-c3ncn[nH]3)no2)cc1Cl. The number of hydrogen-bond donors (Lipinski definition) is 1. The van der Waals surface area contributed by atoms with Crippen molar-refractivity contribution in [2.75, 3.05) is 0 Å². The molecule has 0 aliphatic rings. The molecule has 0 saturated heterocycles. The standard InChI is InChI=1S/C11H7Cl2N5O/c12-7-2-1-6(3-8(7)13)4-9-16-11(18-19-9)10-14-5-15-17-10/h1-3,5H,4H2,(H,14,15,17). The van der Waals surface area contributed by atoms with Gasteiger partial charge < -0.3 is 4.52 Å². The van der Waals surface area contributed by atoms with Crippen molar-refractivity contribution in [1.82, 2.24) is 25.3 Å². The summed E-state index contributed by atoms with van der Waals surface area (Å²) in [5.41, 5.74) is 0.933. The lowest BCUT2D eigenvalue weighted by Crippen LogP contribution is -1.89. The Hall–Kier alpha value is -1.92. The van der Waals surface area contributed by atoms with Crippen LogP contribution in [0.15, 0.2) is 29.0 Å². The van der Waals surface area contributed by atoms with Gasteiger partial charge in [-0.25, -0.2) is 4.98 Å². The number of halogens is 2. The lowest BCUT2D eigenvalue weighted by molar-refractivity contribution is 0.385. The molecule has 0 amide bonds. The molecular formula is C11H7Cl2N5O. The minimum atomic E-state index is 0.368. The monoisotopic (exact) mass is 295 g/mol. The predicted octanol–water partition coefficient (Wildman–Crippen LogP) is 2.75. The van der Waals surface area contributed by atoms with Crippen molar-refractivity contribution in [2.24, 2.45) is 0 Å². The highest BCUT2D eigenvalue weighted by molar-refractivity contribution is 6.42. The Kier molecular flexibility index (Phi) is 3.18. The molecule has 0 atom stereocenters. The van der Waals surface area contributed by atoms with Crippen LogP contribution < -0.4 is 0 Å². The summed E-state index contributed by atoms with van der Waals surface area (Å²) < 4.78 is 5.14. The minimum absolute atomic E-state index is 0.368. The van der Waals surface area contributed by atoms with Gasteiger partial charge in [-0.3, -0.25) is 5.10 Å². The van der Waals surface area contributed by atoms with Crippen molar-refractivity contribution in [3.05, 3.63) is 46.0 Å². The first kappa shape index (κ1) is 12.1. The van der Waals surface area contributed by atoms with Crippen molar-refractivity contribution >= 4 is 23.2 Å². The molecule has 1 N–H and O–H groups in total. The maximum Gasteiger partial charge on any atom is 0.239 e. The van der Waals surface area contributed by atoms with Crippen LogP contribution in [-0.4, -0.2) is 25.3 Å². The van der Waals surface area contributed by atoms with E-state index in [1.165, 1.54) is 6.33 Å². The zero-order chi connectivity index (χ0) is 13.2. The molecule has 2 aromatic heterocycles. The predicted molar refractivity (Wildman–Crippen MR) is 68.9 cm³/mol. The van der Waals surface area contributed by atoms with Gasteiger partial charge in [0.25, 0.3) is 0 Å². The van der Waals surface area contributed by atoms with E-state index in [1.54, 1.807) is 12.1 Å². The molecule has 0 aliphatic heterocycles. The molecule has 3 rings (SSSR count). The number of aromatic amines is 1. The average molecular weight is 296 g/mol. The fourth-order valence-corrected chi connectivity index (χ4v) is 1.88. The third-order valence-electron chi connectivity index (χ3n) is 2.43. The number of hydrogen-bond acceptors (Lipinski definition) is 5. The van der Waals surface area contributed by atoms with E-state index in [4.69, 9.17) is 27.7 Å². The van der Waals surface area contributed by atoms with Gasteiger partial charge in [0.15, 0.2) is 5.82 Å². The summed E-state index contributed by atoms with van der Waals surface area (Å²) in [6, 6.07) is 5.35. The molecule has 0 bridgehead atoms. The van der Waals surface area contributed by atoms with Crippen molar-refractivity contribution in [3.63, 3.8) is 0 Å². The molecule has 8 heteroatoms. The average Bonchev–Trinajstić information content (AvgIpc) is 3.04. The second-order valence-corrected chi connectivity index (χ2v) is 4.59. The number of benzene rings is 1. The van der Waals surface area contributed by atoms with Gasteiger partial charge in [-0.15, -0.1) is 0 Å². The van der Waals surface area contributed by atoms with Gasteiger partial charge in [-0.2, -0.15) is 10.1 Å². The molecule has 6 nitrogen and oxygen atoms in total. The van der Waals surface area contributed by atoms with E-state index in [0.717, 1.165) is 5.56 Å². The molecule has 0 unspecified atom stereocenters. The summed E-state index contributed by atoms with van der Waals surface area (Å²) in [6.45, 7) is 0. The second-order valence-electron chi connectivity index (χ2n) is 3.77. The Morgan fingerprint density at radius 1 is 1.21 bits per heavy atom. The Balaban J connectivity index is 1.82. The topological polar surface area (TPSA) is 80.5 Å². The Labute approximate surface area is 117 Å². The van der Waals surface area contributed by atoms with E-state index < -0.39 is 0 Å². The summed E-state index contributed by atoms with van der Waals surface area (Å²) in [5.74, 6) is 1.29. The lowest BCUT2D eigenvalue weighted by atomic mass is 10.1. The van der Waals surface area contributed by atoms with Gasteiger partial charge in [0.2, 0.25) is 11.7 Å². The molecule has 0 radical (unpaired) electrons. The van der Waals surface area contributed by atoms with E-state index in [9.17, 15) is 0 Å². The molecule has 19 heavy (non-hydrogen) atoms. The van der Waals surface area contributed by atoms with E-state index in [0.29, 0.717) is 34.0 Å². The number of rotatable bonds is 3. The van der Waals surface area contributed by atoms with Crippen LogP contribution in [0.2, 0.25) is 10.0 Å². The molecule has 3 aromatic rings. The highest BCUT2D eigenvalue weighted by Crippen LogP contribution is 2.23. The van der Waals surface area contributed by atoms with Crippen LogP contribution in [-0.2, 0) is 6.42 Å². The Morgan fingerprint density at radius 2 is 2.11 bits per heavy atom. The van der Waals surface area contributed by atoms with Gasteiger partial charge in [-0.05, 0) is 17.7 Å². The highest BCUT2D eigenvalue weighted by Gasteiger charge is 2.11. The van der Waals surface area contributed by atoms with Crippen LogP contribution in [0.1, 0.15) is 11.5 Å². The van der Waals surface area contributed by atoms with Crippen LogP contribution in [0, 0.1) is 0 Å². The minimum Gasteiger partial charge on any atom is -0.339 e. The quantitative estimate of drug-likeness (QED) is 0.803. The molecule has 0 fully saturated rings. The zero-order valence-corrected chi connectivity index (χ0v) is 11.0. The van der Waals surface area contributed by atoms with Crippen molar-refractivity contribution in [3.8, 4) is 11.6 Å². The molecule has 2 heterocycles. The van der Waals surface area contributed by atoms with E-state index >= 15 is 0 Å².